The van der Waals surface area contributed by atoms with Gasteiger partial charge in [0, 0.05) is 5.03 Å². The van der Waals surface area contributed by atoms with E-state index in [-0.39, 0.29) is 25.9 Å². The van der Waals surface area contributed by atoms with Crippen LogP contribution >= 0.6 is 11.6 Å². The molecule has 0 fully saturated rings. The van der Waals surface area contributed by atoms with Crippen LogP contribution in [-0.2, 0) is 0 Å². The fourth-order valence-corrected chi connectivity index (χ4v) is 1.66. The number of rotatable bonds is 1. The molecular formula is C8H10ClF3O. The molecule has 0 radical (unpaired) electrons. The molecule has 1 rings (SSSR count). The van der Waals surface area contributed by atoms with Crippen molar-refractivity contribution in [3.8, 4) is 0 Å². The molecule has 0 aromatic rings. The van der Waals surface area contributed by atoms with Gasteiger partial charge in [-0.2, -0.15) is 13.2 Å². The van der Waals surface area contributed by atoms with Crippen molar-refractivity contribution in [1.82, 2.24) is 0 Å². The summed E-state index contributed by atoms with van der Waals surface area (Å²) >= 11 is 5.65. The standard InChI is InChI=1S/C8H10ClF3O/c9-7-2-1-6(8(10,11)12)3-5(7)4-13/h6,13H,1-4H2. The summed E-state index contributed by atoms with van der Waals surface area (Å²) in [5.41, 5.74) is 0.329. The Morgan fingerprint density at radius 3 is 2.54 bits per heavy atom. The van der Waals surface area contributed by atoms with Crippen molar-refractivity contribution < 1.29 is 18.3 Å². The molecule has 0 aliphatic heterocycles. The van der Waals surface area contributed by atoms with Gasteiger partial charge in [0.05, 0.1) is 12.5 Å². The summed E-state index contributed by atoms with van der Waals surface area (Å²) in [5, 5.41) is 9.13. The maximum absolute atomic E-state index is 12.2. The van der Waals surface area contributed by atoms with Crippen molar-refractivity contribution in [3.63, 3.8) is 0 Å². The second kappa shape index (κ2) is 3.88. The van der Waals surface area contributed by atoms with Crippen LogP contribution < -0.4 is 0 Å². The topological polar surface area (TPSA) is 20.2 Å². The van der Waals surface area contributed by atoms with Crippen LogP contribution in [0.15, 0.2) is 10.6 Å². The first-order valence-corrected chi connectivity index (χ1v) is 4.37. The molecule has 13 heavy (non-hydrogen) atoms. The van der Waals surface area contributed by atoms with Crippen molar-refractivity contribution in [2.45, 2.75) is 25.4 Å². The van der Waals surface area contributed by atoms with Crippen molar-refractivity contribution in [1.29, 1.82) is 0 Å². The summed E-state index contributed by atoms with van der Waals surface area (Å²) in [5.74, 6) is -1.34. The first-order chi connectivity index (χ1) is 5.95. The van der Waals surface area contributed by atoms with Crippen molar-refractivity contribution in [3.05, 3.63) is 10.6 Å². The van der Waals surface area contributed by atoms with Gasteiger partial charge in [0.2, 0.25) is 0 Å². The van der Waals surface area contributed by atoms with E-state index in [0.29, 0.717) is 10.6 Å². The first kappa shape index (κ1) is 10.9. The van der Waals surface area contributed by atoms with Crippen molar-refractivity contribution in [2.75, 3.05) is 6.61 Å². The van der Waals surface area contributed by atoms with Gasteiger partial charge in [0.1, 0.15) is 0 Å². The van der Waals surface area contributed by atoms with Crippen LogP contribution in [0.3, 0.4) is 0 Å². The predicted octanol–water partition coefficient (Wildman–Crippen LogP) is 2.83. The Labute approximate surface area is 79.2 Å². The lowest BCUT2D eigenvalue weighted by Gasteiger charge is -2.25. The molecule has 1 unspecified atom stereocenters. The highest BCUT2D eigenvalue weighted by Gasteiger charge is 2.41. The molecule has 1 aliphatic rings. The summed E-state index contributed by atoms with van der Waals surface area (Å²) in [6.07, 6.45) is -4.07. The van der Waals surface area contributed by atoms with Gasteiger partial charge in [0.25, 0.3) is 0 Å². The molecule has 0 saturated heterocycles. The van der Waals surface area contributed by atoms with Gasteiger partial charge in [-0.25, -0.2) is 0 Å². The zero-order valence-corrected chi connectivity index (χ0v) is 7.62. The van der Waals surface area contributed by atoms with E-state index in [0.717, 1.165) is 0 Å². The molecule has 0 spiro atoms. The molecule has 1 nitrogen and oxygen atoms in total. The van der Waals surface area contributed by atoms with Crippen LogP contribution in [0, 0.1) is 5.92 Å². The van der Waals surface area contributed by atoms with Crippen LogP contribution in [0.5, 0.6) is 0 Å². The summed E-state index contributed by atoms with van der Waals surface area (Å²) in [4.78, 5) is 0. The Morgan fingerprint density at radius 2 is 2.08 bits per heavy atom. The van der Waals surface area contributed by atoms with Crippen molar-refractivity contribution in [2.24, 2.45) is 5.92 Å². The molecule has 0 heterocycles. The van der Waals surface area contributed by atoms with Gasteiger partial charge in [-0.05, 0) is 24.8 Å². The van der Waals surface area contributed by atoms with Crippen LogP contribution in [0.4, 0.5) is 13.2 Å². The average molecular weight is 215 g/mol. The second-order valence-corrected chi connectivity index (χ2v) is 3.60. The third kappa shape index (κ3) is 2.61. The number of alkyl halides is 3. The molecule has 0 aromatic heterocycles. The number of allylic oxidation sites excluding steroid dienone is 1. The average Bonchev–Trinajstić information content (AvgIpc) is 2.03. The van der Waals surface area contributed by atoms with Gasteiger partial charge in [-0.3, -0.25) is 0 Å². The molecule has 1 N–H and O–H groups in total. The smallest absolute Gasteiger partial charge is 0.392 e. The molecular weight excluding hydrogens is 205 g/mol. The molecule has 1 atom stereocenters. The lowest BCUT2D eigenvalue weighted by Crippen LogP contribution is -2.26. The first-order valence-electron chi connectivity index (χ1n) is 3.99. The van der Waals surface area contributed by atoms with Gasteiger partial charge >= 0.3 is 6.18 Å². The van der Waals surface area contributed by atoms with Gasteiger partial charge in [-0.1, -0.05) is 11.6 Å². The Hall–Kier alpha value is -0.220. The van der Waals surface area contributed by atoms with E-state index < -0.39 is 12.1 Å². The maximum Gasteiger partial charge on any atom is 0.392 e. The highest BCUT2D eigenvalue weighted by molar-refractivity contribution is 6.30. The Morgan fingerprint density at radius 1 is 1.46 bits per heavy atom. The minimum Gasteiger partial charge on any atom is -0.392 e. The quantitative estimate of drug-likeness (QED) is 0.712. The van der Waals surface area contributed by atoms with E-state index in [9.17, 15) is 13.2 Å². The van der Waals surface area contributed by atoms with E-state index in [1.165, 1.54) is 0 Å². The molecule has 5 heteroatoms. The van der Waals surface area contributed by atoms with Gasteiger partial charge in [0.15, 0.2) is 0 Å². The zero-order valence-electron chi connectivity index (χ0n) is 6.86. The SMILES string of the molecule is OCC1=C(Cl)CCC(C(F)(F)F)C1. The van der Waals surface area contributed by atoms with E-state index in [4.69, 9.17) is 16.7 Å². The number of hydrogen-bond donors (Lipinski definition) is 1. The highest BCUT2D eigenvalue weighted by atomic mass is 35.5. The summed E-state index contributed by atoms with van der Waals surface area (Å²) < 4.78 is 36.7. The van der Waals surface area contributed by atoms with Crippen LogP contribution in [0.1, 0.15) is 19.3 Å². The molecule has 0 aromatic carbocycles. The Balaban J connectivity index is 2.70. The number of aliphatic hydroxyl groups is 1. The lowest BCUT2D eigenvalue weighted by atomic mass is 9.88. The Bertz CT molecular complexity index is 222. The fraction of sp³-hybridized carbons (Fsp3) is 0.750. The van der Waals surface area contributed by atoms with Gasteiger partial charge in [-0.15, -0.1) is 0 Å². The third-order valence-corrected chi connectivity index (χ3v) is 2.70. The number of halogens is 4. The fourth-order valence-electron chi connectivity index (χ4n) is 1.42. The van der Waals surface area contributed by atoms with E-state index in [2.05, 4.69) is 0 Å². The number of aliphatic hydroxyl groups excluding tert-OH is 1. The molecule has 76 valence electrons. The molecule has 0 saturated carbocycles. The number of hydrogen-bond acceptors (Lipinski definition) is 1. The predicted molar refractivity (Wildman–Crippen MR) is 43.4 cm³/mol. The highest BCUT2D eigenvalue weighted by Crippen LogP contribution is 2.40. The van der Waals surface area contributed by atoms with Crippen molar-refractivity contribution >= 4 is 11.6 Å². The van der Waals surface area contributed by atoms with E-state index >= 15 is 0 Å². The zero-order chi connectivity index (χ0) is 10.1. The molecule has 1 aliphatic carbocycles. The lowest BCUT2D eigenvalue weighted by molar-refractivity contribution is -0.177. The summed E-state index contributed by atoms with van der Waals surface area (Å²) in [6, 6.07) is 0. The largest absolute Gasteiger partial charge is 0.392 e. The molecule has 0 amide bonds. The minimum atomic E-state index is -4.17. The summed E-state index contributed by atoms with van der Waals surface area (Å²) in [7, 11) is 0. The monoisotopic (exact) mass is 214 g/mol. The van der Waals surface area contributed by atoms with Crippen LogP contribution in [0.25, 0.3) is 0 Å². The normalized spacial score (nSPS) is 25.2. The van der Waals surface area contributed by atoms with E-state index in [1.807, 2.05) is 0 Å². The third-order valence-electron chi connectivity index (χ3n) is 2.24. The van der Waals surface area contributed by atoms with Gasteiger partial charge < -0.3 is 5.11 Å². The second-order valence-electron chi connectivity index (χ2n) is 3.15. The summed E-state index contributed by atoms with van der Waals surface area (Å²) in [6.45, 7) is -0.370. The maximum atomic E-state index is 12.2. The minimum absolute atomic E-state index is 0.0336. The van der Waals surface area contributed by atoms with Crippen LogP contribution in [-0.4, -0.2) is 17.9 Å². The van der Waals surface area contributed by atoms with E-state index in [1.54, 1.807) is 0 Å². The van der Waals surface area contributed by atoms with Crippen LogP contribution in [0.2, 0.25) is 0 Å². The Kier molecular flexibility index (Phi) is 3.24. The molecule has 0 bridgehead atoms.